The van der Waals surface area contributed by atoms with E-state index in [1.807, 2.05) is 36.0 Å². The minimum absolute atomic E-state index is 0.183. The summed E-state index contributed by atoms with van der Waals surface area (Å²) in [5, 5.41) is 4.35. The summed E-state index contributed by atoms with van der Waals surface area (Å²) in [5.74, 6) is 0.183. The van der Waals surface area contributed by atoms with Gasteiger partial charge in [-0.2, -0.15) is 0 Å². The lowest BCUT2D eigenvalue weighted by Crippen LogP contribution is -2.02. The smallest absolute Gasteiger partial charge is 0.250 e. The zero-order valence-corrected chi connectivity index (χ0v) is 14.2. The quantitative estimate of drug-likeness (QED) is 0.510. The summed E-state index contributed by atoms with van der Waals surface area (Å²) in [6.07, 6.45) is 3.51. The first-order valence-corrected chi connectivity index (χ1v) is 7.90. The maximum absolute atomic E-state index is 5.88. The Labute approximate surface area is 146 Å². The molecule has 3 heterocycles. The van der Waals surface area contributed by atoms with Crippen molar-refractivity contribution >= 4 is 56.7 Å². The Balaban J connectivity index is 2.01. The number of aryl methyl sites for hydroxylation is 1. The molecule has 0 aliphatic heterocycles. The molecule has 0 aliphatic rings. The third-order valence-corrected chi connectivity index (χ3v) is 4.19. The topological polar surface area (TPSA) is 59.4 Å². The van der Waals surface area contributed by atoms with E-state index in [4.69, 9.17) is 34.8 Å². The second-order valence-corrected chi connectivity index (χ2v) is 7.47. The summed E-state index contributed by atoms with van der Waals surface area (Å²) >= 11 is 17.6. The molecule has 0 spiro atoms. The lowest BCUT2D eigenvalue weighted by molar-refractivity contribution is 0.801. The van der Waals surface area contributed by atoms with Crippen molar-refractivity contribution in [2.24, 2.45) is 7.05 Å². The van der Waals surface area contributed by atoms with Crippen LogP contribution >= 0.6 is 34.8 Å². The molecule has 4 rings (SSSR count). The van der Waals surface area contributed by atoms with Crippen LogP contribution in [0.4, 0.5) is 0 Å². The number of imidazole rings is 1. The van der Waals surface area contributed by atoms with Gasteiger partial charge in [0.15, 0.2) is 5.82 Å². The number of aromatic amines is 1. The van der Waals surface area contributed by atoms with Crippen LogP contribution in [0.25, 0.3) is 33.2 Å². The van der Waals surface area contributed by atoms with Crippen LogP contribution in [0.5, 0.6) is 0 Å². The molecule has 0 bridgehead atoms. The van der Waals surface area contributed by atoms with E-state index >= 15 is 0 Å². The molecule has 0 aliphatic carbocycles. The molecule has 1 aromatic carbocycles. The number of nitrogens with one attached hydrogen (secondary N) is 1. The molecule has 0 amide bonds. The largest absolute Gasteiger partial charge is 0.297 e. The Hall–Kier alpha value is -1.82. The molecule has 0 saturated carbocycles. The average Bonchev–Trinajstić information content (AvgIpc) is 3.07. The highest BCUT2D eigenvalue weighted by molar-refractivity contribution is 6.66. The van der Waals surface area contributed by atoms with Gasteiger partial charge in [-0.05, 0) is 24.3 Å². The van der Waals surface area contributed by atoms with Gasteiger partial charge in [0, 0.05) is 30.4 Å². The summed E-state index contributed by atoms with van der Waals surface area (Å²) in [4.78, 5) is 12.7. The van der Waals surface area contributed by atoms with Crippen LogP contribution in [0.1, 0.15) is 5.82 Å². The van der Waals surface area contributed by atoms with E-state index in [1.54, 1.807) is 12.4 Å². The molecular weight excluding hydrogens is 357 g/mol. The molecule has 1 N–H and O–H groups in total. The number of nitrogens with zero attached hydrogens (tertiary/aromatic N) is 4. The summed E-state index contributed by atoms with van der Waals surface area (Å²) in [6.45, 7) is 0. The van der Waals surface area contributed by atoms with E-state index in [0.29, 0.717) is 11.0 Å². The summed E-state index contributed by atoms with van der Waals surface area (Å²) < 4.78 is 0.291. The highest BCUT2D eigenvalue weighted by Crippen LogP contribution is 2.38. The normalized spacial score (nSPS) is 12.3. The molecule has 0 unspecified atom stereocenters. The van der Waals surface area contributed by atoms with Gasteiger partial charge in [-0.25, -0.2) is 9.97 Å². The highest BCUT2D eigenvalue weighted by Gasteiger charge is 2.28. The average molecular weight is 367 g/mol. The number of hydrogen-bond acceptors (Lipinski definition) is 3. The van der Waals surface area contributed by atoms with E-state index in [1.165, 1.54) is 0 Å². The minimum atomic E-state index is -1.63. The lowest BCUT2D eigenvalue weighted by Gasteiger charge is -2.03. The van der Waals surface area contributed by atoms with Gasteiger partial charge in [-0.3, -0.25) is 14.8 Å². The standard InChI is InChI=1S/C15H10Cl3N5/c1-23-12-7-11-10(20-14(21-11)15(16,17)18)6-9(12)13(22-23)8-2-4-19-5-3-8/h2-7,22H,1H3. The van der Waals surface area contributed by atoms with E-state index < -0.39 is 3.79 Å². The number of aromatic nitrogens is 5. The predicted molar refractivity (Wildman–Crippen MR) is 92.8 cm³/mol. The van der Waals surface area contributed by atoms with Crippen LogP contribution in [0.2, 0.25) is 0 Å². The van der Waals surface area contributed by atoms with E-state index in [0.717, 1.165) is 22.2 Å². The number of pyridine rings is 1. The van der Waals surface area contributed by atoms with Gasteiger partial charge in [-0.1, -0.05) is 34.8 Å². The second-order valence-electron chi connectivity index (χ2n) is 5.18. The van der Waals surface area contributed by atoms with Crippen molar-refractivity contribution in [2.75, 3.05) is 0 Å². The number of H-pyrrole nitrogens is 1. The van der Waals surface area contributed by atoms with Crippen LogP contribution in [0, 0.1) is 0 Å². The summed E-state index contributed by atoms with van der Waals surface area (Å²) in [5.41, 5.74) is 4.37. The van der Waals surface area contributed by atoms with Crippen molar-refractivity contribution in [1.82, 2.24) is 24.7 Å². The molecule has 23 heavy (non-hydrogen) atoms. The number of halogens is 3. The summed E-state index contributed by atoms with van der Waals surface area (Å²) in [6, 6.07) is 7.76. The van der Waals surface area contributed by atoms with Crippen LogP contribution < -0.4 is 0 Å². The number of hydrogen-bond donors (Lipinski definition) is 1. The third kappa shape index (κ3) is 2.45. The minimum Gasteiger partial charge on any atom is -0.297 e. The lowest BCUT2D eigenvalue weighted by atomic mass is 10.1. The molecule has 0 saturated heterocycles. The van der Waals surface area contributed by atoms with Gasteiger partial charge in [-0.15, -0.1) is 0 Å². The second kappa shape index (κ2) is 5.09. The Morgan fingerprint density at radius 1 is 1.04 bits per heavy atom. The van der Waals surface area contributed by atoms with Crippen LogP contribution in [0.3, 0.4) is 0 Å². The first kappa shape index (κ1) is 14.8. The molecule has 5 nitrogen and oxygen atoms in total. The first-order valence-electron chi connectivity index (χ1n) is 6.77. The van der Waals surface area contributed by atoms with Crippen molar-refractivity contribution < 1.29 is 0 Å². The molecule has 0 radical (unpaired) electrons. The molecular formula is C15H10Cl3N5. The molecule has 8 heteroatoms. The highest BCUT2D eigenvalue weighted by atomic mass is 35.6. The molecule has 3 aromatic heterocycles. The maximum Gasteiger partial charge on any atom is 0.250 e. The van der Waals surface area contributed by atoms with Crippen LogP contribution in [0.15, 0.2) is 36.7 Å². The maximum atomic E-state index is 5.88. The molecule has 0 atom stereocenters. The third-order valence-electron chi connectivity index (χ3n) is 3.68. The number of benzene rings is 1. The van der Waals surface area contributed by atoms with Gasteiger partial charge in [0.2, 0.25) is 3.79 Å². The number of rotatable bonds is 1. The monoisotopic (exact) mass is 365 g/mol. The van der Waals surface area contributed by atoms with Gasteiger partial charge < -0.3 is 0 Å². The Bertz CT molecular complexity index is 1010. The van der Waals surface area contributed by atoms with Crippen molar-refractivity contribution in [3.63, 3.8) is 0 Å². The number of fused-ring (bicyclic) bond motifs is 2. The van der Waals surface area contributed by atoms with E-state index in [9.17, 15) is 0 Å². The molecule has 0 fully saturated rings. The fraction of sp³-hybridized carbons (Fsp3) is 0.133. The fourth-order valence-electron chi connectivity index (χ4n) is 2.63. The zero-order valence-electron chi connectivity index (χ0n) is 11.9. The SMILES string of the molecule is Cn1[nH]c(-c2ccncc2)c2cc3nc(C(Cl)(Cl)Cl)nc3cc21. The number of alkyl halides is 3. The van der Waals surface area contributed by atoms with Crippen LogP contribution in [-0.2, 0) is 10.8 Å². The molecule has 116 valence electrons. The fourth-order valence-corrected chi connectivity index (χ4v) is 2.88. The van der Waals surface area contributed by atoms with Gasteiger partial charge in [0.25, 0.3) is 0 Å². The van der Waals surface area contributed by atoms with Crippen LogP contribution in [-0.4, -0.2) is 24.7 Å². The predicted octanol–water partition coefficient (Wildman–Crippen LogP) is 4.34. The van der Waals surface area contributed by atoms with Gasteiger partial charge in [0.1, 0.15) is 0 Å². The Morgan fingerprint density at radius 2 is 1.70 bits per heavy atom. The van der Waals surface area contributed by atoms with Crippen molar-refractivity contribution in [3.8, 4) is 11.3 Å². The first-order chi connectivity index (χ1) is 10.9. The van der Waals surface area contributed by atoms with Crippen molar-refractivity contribution in [3.05, 3.63) is 42.5 Å². The van der Waals surface area contributed by atoms with Crippen molar-refractivity contribution in [2.45, 2.75) is 3.79 Å². The van der Waals surface area contributed by atoms with E-state index in [-0.39, 0.29) is 5.82 Å². The zero-order chi connectivity index (χ0) is 16.2. The molecule has 4 aromatic rings. The van der Waals surface area contributed by atoms with E-state index in [2.05, 4.69) is 20.1 Å². The Kier molecular flexibility index (Phi) is 3.27. The van der Waals surface area contributed by atoms with Gasteiger partial charge >= 0.3 is 0 Å². The summed E-state index contributed by atoms with van der Waals surface area (Å²) in [7, 11) is 1.94. The van der Waals surface area contributed by atoms with Crippen molar-refractivity contribution in [1.29, 1.82) is 0 Å². The Morgan fingerprint density at radius 3 is 2.35 bits per heavy atom. The van der Waals surface area contributed by atoms with Gasteiger partial charge in [0.05, 0.1) is 22.2 Å².